The largest absolute Gasteiger partial charge is 0.481 e. The average Bonchev–Trinajstić information content (AvgIpc) is 2.60. The summed E-state index contributed by atoms with van der Waals surface area (Å²) in [4.78, 5) is 10.6. The van der Waals surface area contributed by atoms with Gasteiger partial charge in [0.25, 0.3) is 0 Å². The van der Waals surface area contributed by atoms with Crippen molar-refractivity contribution in [1.82, 2.24) is 0 Å². The molecule has 0 aromatic carbocycles. The highest BCUT2D eigenvalue weighted by Gasteiger charge is 2.39. The van der Waals surface area contributed by atoms with E-state index in [0.29, 0.717) is 12.5 Å². The lowest BCUT2D eigenvalue weighted by molar-refractivity contribution is -0.169. The zero-order valence-corrected chi connectivity index (χ0v) is 11.0. The third-order valence-electron chi connectivity index (χ3n) is 3.39. The van der Waals surface area contributed by atoms with Crippen LogP contribution in [-0.2, 0) is 14.3 Å². The van der Waals surface area contributed by atoms with E-state index in [2.05, 4.69) is 0 Å². The summed E-state index contributed by atoms with van der Waals surface area (Å²) in [5.74, 6) is 1.72. The first kappa shape index (κ1) is 13.2. The van der Waals surface area contributed by atoms with Gasteiger partial charge in [-0.3, -0.25) is 4.79 Å². The smallest absolute Gasteiger partial charge is 0.306 e. The number of aliphatic carboxylic acids is 1. The van der Waals surface area contributed by atoms with Gasteiger partial charge in [-0.05, 0) is 37.2 Å². The van der Waals surface area contributed by atoms with Crippen LogP contribution in [0.15, 0.2) is 0 Å². The molecule has 2 saturated heterocycles. The molecule has 2 aliphatic heterocycles. The second-order valence-corrected chi connectivity index (χ2v) is 6.27. The van der Waals surface area contributed by atoms with Gasteiger partial charge in [0.2, 0.25) is 0 Å². The third-order valence-corrected chi connectivity index (χ3v) is 4.44. The molecule has 4 nitrogen and oxygen atoms in total. The Labute approximate surface area is 106 Å². The molecule has 0 saturated carbocycles. The molecule has 0 aliphatic carbocycles. The Morgan fingerprint density at radius 2 is 2.18 bits per heavy atom. The molecule has 2 fully saturated rings. The summed E-state index contributed by atoms with van der Waals surface area (Å²) in [5, 5.41) is 8.73. The molecular weight excluding hydrogens is 240 g/mol. The van der Waals surface area contributed by atoms with Crippen LogP contribution in [0.5, 0.6) is 0 Å². The SMILES string of the molecule is CC1(CC2CCSCC2)OCC(CC(=O)O)O1. The van der Waals surface area contributed by atoms with E-state index < -0.39 is 11.8 Å². The standard InChI is InChI=1S/C12H20O4S/c1-12(7-9-2-4-17-5-3-9)15-8-10(16-12)6-11(13)14/h9-10H,2-8H2,1H3,(H,13,14). The lowest BCUT2D eigenvalue weighted by atomic mass is 9.94. The van der Waals surface area contributed by atoms with Crippen molar-refractivity contribution in [2.75, 3.05) is 18.1 Å². The van der Waals surface area contributed by atoms with E-state index in [0.717, 1.165) is 6.42 Å². The molecule has 98 valence electrons. The van der Waals surface area contributed by atoms with Crippen molar-refractivity contribution in [1.29, 1.82) is 0 Å². The first-order valence-electron chi connectivity index (χ1n) is 6.19. The normalized spacial score (nSPS) is 35.0. The molecular formula is C12H20O4S. The first-order valence-corrected chi connectivity index (χ1v) is 7.34. The van der Waals surface area contributed by atoms with Crippen LogP contribution in [0.4, 0.5) is 0 Å². The summed E-state index contributed by atoms with van der Waals surface area (Å²) in [6, 6.07) is 0. The van der Waals surface area contributed by atoms with Crippen molar-refractivity contribution in [3.8, 4) is 0 Å². The number of carboxylic acid groups (broad SMARTS) is 1. The van der Waals surface area contributed by atoms with Crippen LogP contribution in [0.1, 0.15) is 32.6 Å². The van der Waals surface area contributed by atoms with E-state index in [9.17, 15) is 4.79 Å². The lowest BCUT2D eigenvalue weighted by Gasteiger charge is -2.30. The molecule has 1 N–H and O–H groups in total. The molecule has 2 aliphatic rings. The highest BCUT2D eigenvalue weighted by molar-refractivity contribution is 7.99. The van der Waals surface area contributed by atoms with Gasteiger partial charge >= 0.3 is 5.97 Å². The maximum Gasteiger partial charge on any atom is 0.306 e. The molecule has 0 aromatic heterocycles. The molecule has 0 amide bonds. The molecule has 0 bridgehead atoms. The first-order chi connectivity index (χ1) is 8.07. The molecule has 5 heteroatoms. The number of hydrogen-bond donors (Lipinski definition) is 1. The fourth-order valence-corrected chi connectivity index (χ4v) is 3.77. The van der Waals surface area contributed by atoms with Crippen LogP contribution in [0.2, 0.25) is 0 Å². The molecule has 0 spiro atoms. The van der Waals surface area contributed by atoms with Gasteiger partial charge in [0.1, 0.15) is 0 Å². The molecule has 2 heterocycles. The highest BCUT2D eigenvalue weighted by Crippen LogP contribution is 2.35. The van der Waals surface area contributed by atoms with Crippen molar-refractivity contribution in [2.24, 2.45) is 5.92 Å². The molecule has 2 atom stereocenters. The maximum absolute atomic E-state index is 10.6. The molecule has 2 unspecified atom stereocenters. The van der Waals surface area contributed by atoms with E-state index in [1.54, 1.807) is 0 Å². The predicted molar refractivity (Wildman–Crippen MR) is 66.1 cm³/mol. The summed E-state index contributed by atoms with van der Waals surface area (Å²) in [7, 11) is 0. The van der Waals surface area contributed by atoms with Gasteiger partial charge in [0, 0.05) is 6.42 Å². The second-order valence-electron chi connectivity index (χ2n) is 5.04. The van der Waals surface area contributed by atoms with Crippen LogP contribution in [0.3, 0.4) is 0 Å². The van der Waals surface area contributed by atoms with E-state index in [1.807, 2.05) is 18.7 Å². The fourth-order valence-electron chi connectivity index (χ4n) is 2.57. The Morgan fingerprint density at radius 1 is 1.47 bits per heavy atom. The van der Waals surface area contributed by atoms with Gasteiger partial charge in [0.15, 0.2) is 5.79 Å². The van der Waals surface area contributed by atoms with Gasteiger partial charge in [-0.1, -0.05) is 0 Å². The fraction of sp³-hybridized carbons (Fsp3) is 0.917. The van der Waals surface area contributed by atoms with E-state index >= 15 is 0 Å². The number of carbonyl (C=O) groups is 1. The van der Waals surface area contributed by atoms with Gasteiger partial charge in [-0.25, -0.2) is 0 Å². The summed E-state index contributed by atoms with van der Waals surface area (Å²) in [6.45, 7) is 2.35. The van der Waals surface area contributed by atoms with Crippen molar-refractivity contribution in [3.05, 3.63) is 0 Å². The van der Waals surface area contributed by atoms with Gasteiger partial charge in [-0.15, -0.1) is 0 Å². The zero-order valence-electron chi connectivity index (χ0n) is 10.2. The van der Waals surface area contributed by atoms with Gasteiger partial charge in [-0.2, -0.15) is 11.8 Å². The molecule has 17 heavy (non-hydrogen) atoms. The van der Waals surface area contributed by atoms with Crippen molar-refractivity contribution < 1.29 is 19.4 Å². The van der Waals surface area contributed by atoms with Gasteiger partial charge < -0.3 is 14.6 Å². The Morgan fingerprint density at radius 3 is 2.82 bits per heavy atom. The summed E-state index contributed by atoms with van der Waals surface area (Å²) < 4.78 is 11.4. The third kappa shape index (κ3) is 3.86. The molecule has 0 aromatic rings. The minimum Gasteiger partial charge on any atom is -0.481 e. The van der Waals surface area contributed by atoms with Crippen LogP contribution in [0.25, 0.3) is 0 Å². The summed E-state index contributed by atoms with van der Waals surface area (Å²) >= 11 is 2.01. The lowest BCUT2D eigenvalue weighted by Crippen LogP contribution is -2.31. The average molecular weight is 260 g/mol. The molecule has 0 radical (unpaired) electrons. The second kappa shape index (κ2) is 5.59. The van der Waals surface area contributed by atoms with Crippen molar-refractivity contribution in [3.63, 3.8) is 0 Å². The molecule has 2 rings (SSSR count). The monoisotopic (exact) mass is 260 g/mol. The van der Waals surface area contributed by atoms with Crippen molar-refractivity contribution >= 4 is 17.7 Å². The number of thioether (sulfide) groups is 1. The van der Waals surface area contributed by atoms with Crippen LogP contribution >= 0.6 is 11.8 Å². The van der Waals surface area contributed by atoms with E-state index in [4.69, 9.17) is 14.6 Å². The van der Waals surface area contributed by atoms with Crippen LogP contribution in [0, 0.1) is 5.92 Å². The van der Waals surface area contributed by atoms with E-state index in [-0.39, 0.29) is 12.5 Å². The summed E-state index contributed by atoms with van der Waals surface area (Å²) in [5.41, 5.74) is 0. The van der Waals surface area contributed by atoms with Crippen molar-refractivity contribution in [2.45, 2.75) is 44.5 Å². The zero-order chi connectivity index (χ0) is 12.3. The highest BCUT2D eigenvalue weighted by atomic mass is 32.2. The van der Waals surface area contributed by atoms with Crippen LogP contribution in [-0.4, -0.2) is 41.1 Å². The maximum atomic E-state index is 10.6. The topological polar surface area (TPSA) is 55.8 Å². The Hall–Kier alpha value is -0.260. The number of rotatable bonds is 4. The van der Waals surface area contributed by atoms with Crippen LogP contribution < -0.4 is 0 Å². The number of carboxylic acids is 1. The predicted octanol–water partition coefficient (Wildman–Crippen LogP) is 2.13. The minimum absolute atomic E-state index is 0.0378. The Balaban J connectivity index is 1.81. The number of hydrogen-bond acceptors (Lipinski definition) is 4. The Kier molecular flexibility index (Phi) is 4.33. The van der Waals surface area contributed by atoms with Gasteiger partial charge in [0.05, 0.1) is 19.1 Å². The minimum atomic E-state index is -0.822. The van der Waals surface area contributed by atoms with E-state index in [1.165, 1.54) is 24.3 Å². The Bertz CT molecular complexity index is 278. The number of ether oxygens (including phenoxy) is 2. The quantitative estimate of drug-likeness (QED) is 0.839. The summed E-state index contributed by atoms with van der Waals surface area (Å²) in [6.07, 6.45) is 3.09.